The first kappa shape index (κ1) is 10.0. The highest BCUT2D eigenvalue weighted by atomic mass is 14.8. The van der Waals surface area contributed by atoms with Crippen LogP contribution in [0.15, 0.2) is 0 Å². The third-order valence-corrected chi connectivity index (χ3v) is 3.28. The predicted octanol–water partition coefficient (Wildman–Crippen LogP) is 1.34. The summed E-state index contributed by atoms with van der Waals surface area (Å²) in [6, 6.07) is 0. The van der Waals surface area contributed by atoms with E-state index in [9.17, 15) is 0 Å². The maximum absolute atomic E-state index is 6.04. The Morgan fingerprint density at radius 2 is 1.67 bits per heavy atom. The summed E-state index contributed by atoms with van der Waals surface area (Å²) >= 11 is 0. The zero-order valence-electron chi connectivity index (χ0n) is 8.72. The minimum Gasteiger partial charge on any atom is -0.330 e. The van der Waals surface area contributed by atoms with Gasteiger partial charge in [0.1, 0.15) is 0 Å². The lowest BCUT2D eigenvalue weighted by Crippen LogP contribution is -2.38. The van der Waals surface area contributed by atoms with Crippen LogP contribution in [0.1, 0.15) is 34.1 Å². The van der Waals surface area contributed by atoms with Crippen LogP contribution >= 0.6 is 0 Å². The maximum Gasteiger partial charge on any atom is 0.0128 e. The molecule has 0 aromatic heterocycles. The van der Waals surface area contributed by atoms with Crippen molar-refractivity contribution in [2.45, 2.75) is 39.7 Å². The molecule has 0 heterocycles. The van der Waals surface area contributed by atoms with Crippen molar-refractivity contribution in [2.75, 3.05) is 6.54 Å². The van der Waals surface area contributed by atoms with E-state index in [2.05, 4.69) is 27.7 Å². The molecule has 2 unspecified atom stereocenters. The second-order valence-electron chi connectivity index (χ2n) is 5.46. The van der Waals surface area contributed by atoms with E-state index in [1.165, 1.54) is 6.42 Å². The van der Waals surface area contributed by atoms with Crippen molar-refractivity contribution >= 4 is 0 Å². The van der Waals surface area contributed by atoms with Gasteiger partial charge in [-0.1, -0.05) is 13.8 Å². The first-order chi connectivity index (χ1) is 5.29. The number of hydrogen-bond acceptors (Lipinski definition) is 2. The van der Waals surface area contributed by atoms with Gasteiger partial charge in [0.05, 0.1) is 0 Å². The standard InChI is InChI=1S/C10H22N2/c1-9(2,6-11)7-5-8(7)10(3,4)12/h7-8H,5-6,11-12H2,1-4H3. The van der Waals surface area contributed by atoms with Crippen LogP contribution in [-0.2, 0) is 0 Å². The Hall–Kier alpha value is -0.0800. The molecule has 1 fully saturated rings. The summed E-state index contributed by atoms with van der Waals surface area (Å²) in [5, 5.41) is 0. The number of nitrogens with two attached hydrogens (primary N) is 2. The van der Waals surface area contributed by atoms with Crippen LogP contribution < -0.4 is 11.5 Å². The Morgan fingerprint density at radius 3 is 1.92 bits per heavy atom. The number of rotatable bonds is 3. The normalized spacial score (nSPS) is 30.5. The summed E-state index contributed by atoms with van der Waals surface area (Å²) in [5.74, 6) is 1.42. The van der Waals surface area contributed by atoms with E-state index in [4.69, 9.17) is 11.5 Å². The van der Waals surface area contributed by atoms with Crippen LogP contribution in [-0.4, -0.2) is 12.1 Å². The van der Waals surface area contributed by atoms with Crippen molar-refractivity contribution in [1.82, 2.24) is 0 Å². The molecule has 72 valence electrons. The van der Waals surface area contributed by atoms with E-state index in [-0.39, 0.29) is 11.0 Å². The first-order valence-corrected chi connectivity index (χ1v) is 4.78. The Morgan fingerprint density at radius 1 is 1.17 bits per heavy atom. The largest absolute Gasteiger partial charge is 0.330 e. The van der Waals surface area contributed by atoms with Crippen molar-refractivity contribution < 1.29 is 0 Å². The van der Waals surface area contributed by atoms with Crippen LogP contribution in [0.3, 0.4) is 0 Å². The molecule has 0 spiro atoms. The zero-order valence-corrected chi connectivity index (χ0v) is 8.72. The SMILES string of the molecule is CC(C)(N)C1CC1C(C)(C)CN. The second kappa shape index (κ2) is 2.71. The zero-order chi connectivity index (χ0) is 9.57. The van der Waals surface area contributed by atoms with Crippen LogP contribution in [0.5, 0.6) is 0 Å². The van der Waals surface area contributed by atoms with E-state index in [0.717, 1.165) is 12.5 Å². The quantitative estimate of drug-likeness (QED) is 0.671. The molecule has 0 radical (unpaired) electrons. The van der Waals surface area contributed by atoms with E-state index in [1.807, 2.05) is 0 Å². The van der Waals surface area contributed by atoms with E-state index in [1.54, 1.807) is 0 Å². The average molecular weight is 170 g/mol. The molecule has 2 atom stereocenters. The van der Waals surface area contributed by atoms with E-state index in [0.29, 0.717) is 5.92 Å². The maximum atomic E-state index is 6.04. The van der Waals surface area contributed by atoms with Crippen molar-refractivity contribution in [3.05, 3.63) is 0 Å². The Balaban J connectivity index is 2.53. The molecule has 1 aliphatic carbocycles. The Bertz CT molecular complexity index is 167. The molecule has 0 aromatic carbocycles. The van der Waals surface area contributed by atoms with Crippen LogP contribution in [0.2, 0.25) is 0 Å². The lowest BCUT2D eigenvalue weighted by Gasteiger charge is -2.26. The van der Waals surface area contributed by atoms with Gasteiger partial charge >= 0.3 is 0 Å². The van der Waals surface area contributed by atoms with Gasteiger partial charge in [0.25, 0.3) is 0 Å². The van der Waals surface area contributed by atoms with Crippen molar-refractivity contribution in [2.24, 2.45) is 28.7 Å². The van der Waals surface area contributed by atoms with Gasteiger partial charge in [-0.05, 0) is 44.1 Å². The molecule has 2 heteroatoms. The Kier molecular flexibility index (Phi) is 2.26. The van der Waals surface area contributed by atoms with Gasteiger partial charge in [0.2, 0.25) is 0 Å². The molecule has 2 nitrogen and oxygen atoms in total. The predicted molar refractivity (Wildman–Crippen MR) is 52.7 cm³/mol. The molecule has 1 rings (SSSR count). The minimum atomic E-state index is -0.0168. The summed E-state index contributed by atoms with van der Waals surface area (Å²) in [5.41, 5.74) is 12.0. The summed E-state index contributed by atoms with van der Waals surface area (Å²) in [6.07, 6.45) is 1.26. The van der Waals surface area contributed by atoms with Gasteiger partial charge in [-0.2, -0.15) is 0 Å². The monoisotopic (exact) mass is 170 g/mol. The molecular formula is C10H22N2. The lowest BCUT2D eigenvalue weighted by molar-refractivity contribution is 0.273. The van der Waals surface area contributed by atoms with Gasteiger partial charge < -0.3 is 11.5 Å². The summed E-state index contributed by atoms with van der Waals surface area (Å²) in [6.45, 7) is 9.48. The molecule has 0 aliphatic heterocycles. The van der Waals surface area contributed by atoms with Gasteiger partial charge in [-0.3, -0.25) is 0 Å². The fourth-order valence-corrected chi connectivity index (χ4v) is 2.03. The summed E-state index contributed by atoms with van der Waals surface area (Å²) in [7, 11) is 0. The third kappa shape index (κ3) is 1.80. The van der Waals surface area contributed by atoms with Crippen LogP contribution in [0.25, 0.3) is 0 Å². The van der Waals surface area contributed by atoms with Crippen LogP contribution in [0.4, 0.5) is 0 Å². The average Bonchev–Trinajstić information content (AvgIpc) is 2.63. The van der Waals surface area contributed by atoms with E-state index >= 15 is 0 Å². The van der Waals surface area contributed by atoms with Crippen molar-refractivity contribution in [3.8, 4) is 0 Å². The summed E-state index contributed by atoms with van der Waals surface area (Å²) in [4.78, 5) is 0. The Labute approximate surface area is 75.7 Å². The molecular weight excluding hydrogens is 148 g/mol. The lowest BCUT2D eigenvalue weighted by atomic mass is 9.83. The smallest absolute Gasteiger partial charge is 0.0128 e. The van der Waals surface area contributed by atoms with Gasteiger partial charge in [-0.25, -0.2) is 0 Å². The van der Waals surface area contributed by atoms with E-state index < -0.39 is 0 Å². The first-order valence-electron chi connectivity index (χ1n) is 4.78. The topological polar surface area (TPSA) is 52.0 Å². The molecule has 4 N–H and O–H groups in total. The molecule has 1 aliphatic rings. The van der Waals surface area contributed by atoms with Crippen LogP contribution in [0, 0.1) is 17.3 Å². The highest BCUT2D eigenvalue weighted by molar-refractivity contribution is 5.04. The van der Waals surface area contributed by atoms with Gasteiger partial charge in [0.15, 0.2) is 0 Å². The summed E-state index contributed by atoms with van der Waals surface area (Å²) < 4.78 is 0. The van der Waals surface area contributed by atoms with Crippen molar-refractivity contribution in [3.63, 3.8) is 0 Å². The fraction of sp³-hybridized carbons (Fsp3) is 1.00. The fourth-order valence-electron chi connectivity index (χ4n) is 2.03. The van der Waals surface area contributed by atoms with Gasteiger partial charge in [0, 0.05) is 5.54 Å². The molecule has 12 heavy (non-hydrogen) atoms. The molecule has 0 amide bonds. The molecule has 1 saturated carbocycles. The minimum absolute atomic E-state index is 0.0168. The third-order valence-electron chi connectivity index (χ3n) is 3.28. The molecule has 0 saturated heterocycles. The number of hydrogen-bond donors (Lipinski definition) is 2. The second-order valence-corrected chi connectivity index (χ2v) is 5.46. The highest BCUT2D eigenvalue weighted by Gasteiger charge is 2.52. The molecule has 0 aromatic rings. The van der Waals surface area contributed by atoms with Gasteiger partial charge in [-0.15, -0.1) is 0 Å². The molecule has 0 bridgehead atoms. The van der Waals surface area contributed by atoms with Crippen molar-refractivity contribution in [1.29, 1.82) is 0 Å². The highest BCUT2D eigenvalue weighted by Crippen LogP contribution is 2.54.